The molecule has 2 aromatic carbocycles. The van der Waals surface area contributed by atoms with Gasteiger partial charge in [0.25, 0.3) is 5.56 Å². The Morgan fingerprint density at radius 3 is 2.45 bits per heavy atom. The van der Waals surface area contributed by atoms with Crippen LogP contribution in [0.3, 0.4) is 0 Å². The number of sulfonamides is 1. The van der Waals surface area contributed by atoms with Crippen molar-refractivity contribution in [2.24, 2.45) is 0 Å². The summed E-state index contributed by atoms with van der Waals surface area (Å²) in [6.45, 7) is 2.26. The van der Waals surface area contributed by atoms with Gasteiger partial charge >= 0.3 is 0 Å². The summed E-state index contributed by atoms with van der Waals surface area (Å²) in [4.78, 5) is 13.9. The van der Waals surface area contributed by atoms with Crippen molar-refractivity contribution >= 4 is 20.9 Å². The minimum absolute atomic E-state index is 0.184. The monoisotopic (exact) mass is 416 g/mol. The van der Waals surface area contributed by atoms with Gasteiger partial charge in [-0.25, -0.2) is 8.42 Å². The molecule has 0 bridgehead atoms. The Morgan fingerprint density at radius 2 is 1.76 bits per heavy atom. The fraction of sp³-hybridized carbons (Fsp3) is 0.316. The second-order valence-electron chi connectivity index (χ2n) is 6.90. The van der Waals surface area contributed by atoms with E-state index in [1.165, 1.54) is 16.1 Å². The van der Waals surface area contributed by atoms with E-state index in [4.69, 9.17) is 4.74 Å². The van der Waals surface area contributed by atoms with Gasteiger partial charge in [-0.1, -0.05) is 17.3 Å². The van der Waals surface area contributed by atoms with Crippen LogP contribution < -0.4 is 15.2 Å². The molecule has 2 heterocycles. The zero-order valence-electron chi connectivity index (χ0n) is 16.0. The Balaban J connectivity index is 1.44. The van der Waals surface area contributed by atoms with E-state index in [0.29, 0.717) is 49.5 Å². The highest BCUT2D eigenvalue weighted by molar-refractivity contribution is 7.89. The molecule has 1 fully saturated rings. The van der Waals surface area contributed by atoms with E-state index >= 15 is 0 Å². The molecule has 0 amide bonds. The first kappa shape index (κ1) is 19.5. The molecule has 9 nitrogen and oxygen atoms in total. The third-order valence-corrected chi connectivity index (χ3v) is 7.04. The number of fused-ring (bicyclic) bond motifs is 1. The summed E-state index contributed by atoms with van der Waals surface area (Å²) in [6.07, 6.45) is 0. The number of piperazine rings is 1. The van der Waals surface area contributed by atoms with Gasteiger partial charge in [0.2, 0.25) is 10.0 Å². The van der Waals surface area contributed by atoms with Crippen molar-refractivity contribution in [1.82, 2.24) is 19.3 Å². The first-order valence-corrected chi connectivity index (χ1v) is 10.7. The van der Waals surface area contributed by atoms with Crippen molar-refractivity contribution in [3.8, 4) is 5.75 Å². The number of ether oxygens (including phenoxy) is 1. The largest absolute Gasteiger partial charge is 0.497 e. The van der Waals surface area contributed by atoms with Crippen LogP contribution in [0, 0.1) is 0 Å². The summed E-state index contributed by atoms with van der Waals surface area (Å²) in [5.41, 5.74) is 0.385. The van der Waals surface area contributed by atoms with E-state index in [9.17, 15) is 13.2 Å². The van der Waals surface area contributed by atoms with Crippen molar-refractivity contribution in [3.63, 3.8) is 0 Å². The average Bonchev–Trinajstić information content (AvgIpc) is 2.76. The van der Waals surface area contributed by atoms with Crippen LogP contribution in [0.15, 0.2) is 58.2 Å². The first-order chi connectivity index (χ1) is 14.0. The summed E-state index contributed by atoms with van der Waals surface area (Å²) >= 11 is 0. The summed E-state index contributed by atoms with van der Waals surface area (Å²) in [5.74, 6) is 0.611. The molecule has 1 N–H and O–H groups in total. The van der Waals surface area contributed by atoms with Gasteiger partial charge in [0.05, 0.1) is 43.6 Å². The van der Waals surface area contributed by atoms with Gasteiger partial charge in [-0.05, 0) is 36.4 Å². The molecule has 1 aromatic heterocycles. The van der Waals surface area contributed by atoms with Gasteiger partial charge in [-0.15, -0.1) is 5.10 Å². The predicted molar refractivity (Wildman–Crippen MR) is 106 cm³/mol. The minimum Gasteiger partial charge on any atom is -0.497 e. The second-order valence-corrected chi connectivity index (χ2v) is 8.84. The number of nitrogens with one attached hydrogen (secondary N) is 1. The van der Waals surface area contributed by atoms with Crippen LogP contribution in [0.5, 0.6) is 5.75 Å². The molecule has 1 aliphatic rings. The predicted octanol–water partition coefficient (Wildman–Crippen LogP) is -0.653. The van der Waals surface area contributed by atoms with Crippen molar-refractivity contribution in [2.45, 2.75) is 11.6 Å². The molecule has 29 heavy (non-hydrogen) atoms. The number of rotatable bonds is 5. The maximum absolute atomic E-state index is 12.9. The first-order valence-electron chi connectivity index (χ1n) is 9.29. The fourth-order valence-electron chi connectivity index (χ4n) is 3.44. The smallest absolute Gasteiger partial charge is 0.282 e. The Hall–Kier alpha value is -2.82. The van der Waals surface area contributed by atoms with Gasteiger partial charge in [0.15, 0.2) is 6.67 Å². The molecule has 152 valence electrons. The van der Waals surface area contributed by atoms with Crippen LogP contribution in [0.1, 0.15) is 0 Å². The van der Waals surface area contributed by atoms with E-state index in [1.807, 2.05) is 6.07 Å². The molecular formula is C19H22N5O4S+. The van der Waals surface area contributed by atoms with Gasteiger partial charge in [-0.2, -0.15) is 8.99 Å². The summed E-state index contributed by atoms with van der Waals surface area (Å²) < 4.78 is 33.6. The number of hydrogen-bond donors (Lipinski definition) is 1. The molecule has 0 unspecified atom stereocenters. The minimum atomic E-state index is -3.55. The SMILES string of the molecule is COc1ccc(S(=O)(=O)N2CC[NH+](Cn3nnc4ccccc4c3=O)CC2)cc1. The highest BCUT2D eigenvalue weighted by Gasteiger charge is 2.30. The second kappa shape index (κ2) is 7.90. The summed E-state index contributed by atoms with van der Waals surface area (Å²) in [6, 6.07) is 13.5. The van der Waals surface area contributed by atoms with E-state index in [0.717, 1.165) is 4.90 Å². The number of quaternary nitrogens is 1. The lowest BCUT2D eigenvalue weighted by Gasteiger charge is -2.31. The Morgan fingerprint density at radius 1 is 1.07 bits per heavy atom. The standard InChI is InChI=1S/C19H21N5O4S/c1-28-15-6-8-16(9-7-15)29(26,27)23-12-10-22(11-13-23)14-24-19(25)17-4-2-3-5-18(17)20-21-24/h2-9H,10-14H2,1H3/p+1. The van der Waals surface area contributed by atoms with Crippen LogP contribution in [-0.2, 0) is 16.7 Å². The fourth-order valence-corrected chi connectivity index (χ4v) is 4.88. The topological polar surface area (TPSA) is 98.8 Å². The molecule has 0 atom stereocenters. The van der Waals surface area contributed by atoms with E-state index < -0.39 is 10.0 Å². The Bertz CT molecular complexity index is 1170. The lowest BCUT2D eigenvalue weighted by atomic mass is 10.2. The quantitative estimate of drug-likeness (QED) is 0.593. The van der Waals surface area contributed by atoms with Crippen molar-refractivity contribution < 1.29 is 18.1 Å². The Labute approximate surface area is 168 Å². The maximum Gasteiger partial charge on any atom is 0.282 e. The zero-order chi connectivity index (χ0) is 20.4. The van der Waals surface area contributed by atoms with E-state index in [-0.39, 0.29) is 10.5 Å². The lowest BCUT2D eigenvalue weighted by molar-refractivity contribution is -0.927. The molecular weight excluding hydrogens is 394 g/mol. The van der Waals surface area contributed by atoms with Crippen LogP contribution in [0.2, 0.25) is 0 Å². The summed E-state index contributed by atoms with van der Waals surface area (Å²) in [5, 5.41) is 8.65. The number of nitrogens with zero attached hydrogens (tertiary/aromatic N) is 4. The van der Waals surface area contributed by atoms with Crippen LogP contribution >= 0.6 is 0 Å². The highest BCUT2D eigenvalue weighted by atomic mass is 32.2. The number of methoxy groups -OCH3 is 1. The van der Waals surface area contributed by atoms with Crippen molar-refractivity contribution in [3.05, 3.63) is 58.9 Å². The lowest BCUT2D eigenvalue weighted by Crippen LogP contribution is -3.14. The zero-order valence-corrected chi connectivity index (χ0v) is 16.8. The molecule has 0 radical (unpaired) electrons. The van der Waals surface area contributed by atoms with Crippen LogP contribution in [0.25, 0.3) is 10.9 Å². The number of hydrogen-bond acceptors (Lipinski definition) is 6. The van der Waals surface area contributed by atoms with Gasteiger partial charge in [0.1, 0.15) is 11.3 Å². The third kappa shape index (κ3) is 3.86. The molecule has 0 spiro atoms. The van der Waals surface area contributed by atoms with Crippen LogP contribution in [-0.4, -0.2) is 61.0 Å². The molecule has 10 heteroatoms. The van der Waals surface area contributed by atoms with Gasteiger partial charge < -0.3 is 9.64 Å². The number of benzene rings is 2. The molecule has 1 aliphatic heterocycles. The molecule has 4 rings (SSSR count). The molecule has 0 saturated carbocycles. The average molecular weight is 416 g/mol. The van der Waals surface area contributed by atoms with Crippen molar-refractivity contribution in [1.29, 1.82) is 0 Å². The third-order valence-electron chi connectivity index (χ3n) is 5.13. The van der Waals surface area contributed by atoms with Gasteiger partial charge in [-0.3, -0.25) is 4.79 Å². The Kier molecular flexibility index (Phi) is 5.31. The summed E-state index contributed by atoms with van der Waals surface area (Å²) in [7, 11) is -2.01. The van der Waals surface area contributed by atoms with Crippen molar-refractivity contribution in [2.75, 3.05) is 33.3 Å². The molecule has 1 saturated heterocycles. The number of aromatic nitrogens is 3. The molecule has 3 aromatic rings. The molecule has 0 aliphatic carbocycles. The van der Waals surface area contributed by atoms with E-state index in [2.05, 4.69) is 10.3 Å². The maximum atomic E-state index is 12.9. The highest BCUT2D eigenvalue weighted by Crippen LogP contribution is 2.19. The normalized spacial score (nSPS) is 16.2. The van der Waals surface area contributed by atoms with E-state index in [1.54, 1.807) is 42.5 Å². The van der Waals surface area contributed by atoms with Gasteiger partial charge in [0, 0.05) is 0 Å². The van der Waals surface area contributed by atoms with Crippen LogP contribution in [0.4, 0.5) is 0 Å².